The number of hydrogen-bond donors (Lipinski definition) is 3. The normalized spacial score (nSPS) is 21.4. The molecule has 1 aromatic carbocycles. The first-order valence-electron chi connectivity index (χ1n) is 12.6. The van der Waals surface area contributed by atoms with Gasteiger partial charge < -0.3 is 26.4 Å². The molecule has 38 heavy (non-hydrogen) atoms. The first-order valence-corrected chi connectivity index (χ1v) is 13.4. The molecular formula is C26H29F2N7O2S. The van der Waals surface area contributed by atoms with Gasteiger partial charge in [0.15, 0.2) is 10.9 Å². The molecule has 3 aliphatic rings. The minimum absolute atomic E-state index is 0.0201. The Morgan fingerprint density at radius 1 is 1.26 bits per heavy atom. The van der Waals surface area contributed by atoms with E-state index in [1.165, 1.54) is 22.9 Å². The number of carbonyl (C=O) groups is 1. The highest BCUT2D eigenvalue weighted by Gasteiger charge is 2.47. The number of halogens is 2. The van der Waals surface area contributed by atoms with E-state index in [4.69, 9.17) is 11.5 Å². The molecule has 1 spiro atoms. The molecular weight excluding hydrogens is 512 g/mol. The quantitative estimate of drug-likeness (QED) is 0.461. The number of aliphatic hydroxyl groups excluding tert-OH is 1. The molecule has 0 unspecified atom stereocenters. The van der Waals surface area contributed by atoms with E-state index in [9.17, 15) is 18.7 Å². The van der Waals surface area contributed by atoms with Gasteiger partial charge in [-0.2, -0.15) is 8.78 Å². The van der Waals surface area contributed by atoms with Crippen molar-refractivity contribution >= 4 is 28.2 Å². The van der Waals surface area contributed by atoms with Gasteiger partial charge in [0.1, 0.15) is 17.1 Å². The SMILES string of the molecule is Cc1ccc2c(c1)[C@@H](N)C1(CCN(c3ncc(C(=O)N4Cc5sc(N)nc5C(F)(F)C4)nc3CO)CC1)C2. The average Bonchev–Trinajstić information content (AvgIpc) is 3.41. The molecule has 0 saturated carbocycles. The maximum absolute atomic E-state index is 14.7. The van der Waals surface area contributed by atoms with Crippen LogP contribution >= 0.6 is 11.3 Å². The van der Waals surface area contributed by atoms with Crippen molar-refractivity contribution in [3.8, 4) is 0 Å². The van der Waals surface area contributed by atoms with Crippen molar-refractivity contribution in [3.05, 3.63) is 63.0 Å². The van der Waals surface area contributed by atoms with Crippen LogP contribution in [0.2, 0.25) is 0 Å². The van der Waals surface area contributed by atoms with Crippen LogP contribution in [-0.4, -0.2) is 50.5 Å². The molecule has 1 amide bonds. The van der Waals surface area contributed by atoms with E-state index in [1.807, 2.05) is 0 Å². The smallest absolute Gasteiger partial charge is 0.308 e. The number of thiazole rings is 1. The second-order valence-electron chi connectivity index (χ2n) is 10.6. The summed E-state index contributed by atoms with van der Waals surface area (Å²) >= 11 is 0.944. The summed E-state index contributed by atoms with van der Waals surface area (Å²) in [6.07, 6.45) is 3.96. The summed E-state index contributed by atoms with van der Waals surface area (Å²) in [7, 11) is 0. The van der Waals surface area contributed by atoms with Gasteiger partial charge in [0.05, 0.1) is 30.8 Å². The second-order valence-corrected chi connectivity index (χ2v) is 11.7. The van der Waals surface area contributed by atoms with Crippen molar-refractivity contribution in [1.82, 2.24) is 19.9 Å². The number of benzene rings is 1. The molecule has 5 N–H and O–H groups in total. The number of rotatable bonds is 3. The number of aromatic nitrogens is 3. The van der Waals surface area contributed by atoms with E-state index in [0.717, 1.165) is 35.5 Å². The summed E-state index contributed by atoms with van der Waals surface area (Å²) in [5.74, 6) is -3.49. The molecule has 200 valence electrons. The van der Waals surface area contributed by atoms with Gasteiger partial charge in [0, 0.05) is 19.1 Å². The van der Waals surface area contributed by atoms with Crippen LogP contribution in [0.4, 0.5) is 19.7 Å². The van der Waals surface area contributed by atoms with Crippen molar-refractivity contribution < 1.29 is 18.7 Å². The highest BCUT2D eigenvalue weighted by molar-refractivity contribution is 7.15. The molecule has 4 heterocycles. The van der Waals surface area contributed by atoms with Crippen LogP contribution in [0.3, 0.4) is 0 Å². The Morgan fingerprint density at radius 3 is 2.76 bits per heavy atom. The molecule has 3 aromatic rings. The lowest BCUT2D eigenvalue weighted by Gasteiger charge is -2.43. The Morgan fingerprint density at radius 2 is 2.03 bits per heavy atom. The third-order valence-electron chi connectivity index (χ3n) is 8.16. The number of nitrogen functional groups attached to an aromatic ring is 1. The summed E-state index contributed by atoms with van der Waals surface area (Å²) in [5, 5.41) is 10.1. The zero-order valence-corrected chi connectivity index (χ0v) is 21.8. The monoisotopic (exact) mass is 541 g/mol. The lowest BCUT2D eigenvalue weighted by atomic mass is 9.73. The van der Waals surface area contributed by atoms with Crippen LogP contribution < -0.4 is 16.4 Å². The Kier molecular flexibility index (Phi) is 5.89. The van der Waals surface area contributed by atoms with Crippen molar-refractivity contribution in [2.24, 2.45) is 11.1 Å². The van der Waals surface area contributed by atoms with Crippen LogP contribution in [0.15, 0.2) is 24.4 Å². The second kappa shape index (κ2) is 8.92. The van der Waals surface area contributed by atoms with Gasteiger partial charge in [-0.05, 0) is 42.7 Å². The number of aliphatic hydroxyl groups is 1. The van der Waals surface area contributed by atoms with Crippen molar-refractivity contribution in [2.45, 2.75) is 51.3 Å². The van der Waals surface area contributed by atoms with Crippen LogP contribution in [0.25, 0.3) is 0 Å². The summed E-state index contributed by atoms with van der Waals surface area (Å²) < 4.78 is 29.3. The number of nitrogens with two attached hydrogens (primary N) is 2. The number of amides is 1. The summed E-state index contributed by atoms with van der Waals surface area (Å²) in [6, 6.07) is 6.47. The van der Waals surface area contributed by atoms with E-state index in [1.54, 1.807) is 0 Å². The molecule has 12 heteroatoms. The number of aryl methyl sites for hydroxylation is 1. The Labute approximate surface area is 222 Å². The Hall–Kier alpha value is -3.22. The zero-order valence-electron chi connectivity index (χ0n) is 21.0. The fourth-order valence-electron chi connectivity index (χ4n) is 6.14. The van der Waals surface area contributed by atoms with E-state index in [0.29, 0.717) is 18.9 Å². The minimum atomic E-state index is -3.31. The lowest BCUT2D eigenvalue weighted by molar-refractivity contribution is -0.0479. The van der Waals surface area contributed by atoms with Crippen LogP contribution in [0.5, 0.6) is 0 Å². The van der Waals surface area contributed by atoms with Gasteiger partial charge in [-0.3, -0.25) is 4.79 Å². The zero-order chi connectivity index (χ0) is 26.8. The first kappa shape index (κ1) is 25.1. The summed E-state index contributed by atoms with van der Waals surface area (Å²) in [6.45, 7) is 2.16. The highest BCUT2D eigenvalue weighted by Crippen LogP contribution is 2.51. The first-order chi connectivity index (χ1) is 18.1. The fourth-order valence-corrected chi connectivity index (χ4v) is 7.04. The molecule has 1 atom stereocenters. The topological polar surface area (TPSA) is 134 Å². The van der Waals surface area contributed by atoms with Gasteiger partial charge in [0.25, 0.3) is 5.91 Å². The van der Waals surface area contributed by atoms with Crippen LogP contribution in [-0.2, 0) is 25.5 Å². The number of fused-ring (bicyclic) bond motifs is 2. The van der Waals surface area contributed by atoms with E-state index >= 15 is 0 Å². The molecule has 9 nitrogen and oxygen atoms in total. The highest BCUT2D eigenvalue weighted by atomic mass is 32.1. The Bertz CT molecular complexity index is 1420. The fraction of sp³-hybridized carbons (Fsp3) is 0.462. The van der Waals surface area contributed by atoms with Gasteiger partial charge in [-0.1, -0.05) is 35.1 Å². The number of alkyl halides is 2. The predicted molar refractivity (Wildman–Crippen MR) is 139 cm³/mol. The number of anilines is 2. The molecule has 6 rings (SSSR count). The minimum Gasteiger partial charge on any atom is -0.390 e. The maximum Gasteiger partial charge on any atom is 0.308 e. The van der Waals surface area contributed by atoms with Gasteiger partial charge >= 0.3 is 5.92 Å². The molecule has 2 aliphatic heterocycles. The van der Waals surface area contributed by atoms with Crippen molar-refractivity contribution in [2.75, 3.05) is 30.3 Å². The summed E-state index contributed by atoms with van der Waals surface area (Å²) in [4.78, 5) is 29.0. The molecule has 0 bridgehead atoms. The molecule has 1 fully saturated rings. The summed E-state index contributed by atoms with van der Waals surface area (Å²) in [5.41, 5.74) is 15.9. The van der Waals surface area contributed by atoms with Crippen molar-refractivity contribution in [1.29, 1.82) is 0 Å². The Balaban J connectivity index is 1.19. The van der Waals surface area contributed by atoms with Gasteiger partial charge in [0.2, 0.25) is 0 Å². The van der Waals surface area contributed by atoms with Crippen LogP contribution in [0, 0.1) is 12.3 Å². The molecule has 1 aliphatic carbocycles. The van der Waals surface area contributed by atoms with E-state index in [-0.39, 0.29) is 45.1 Å². The molecule has 1 saturated heterocycles. The lowest BCUT2D eigenvalue weighted by Crippen LogP contribution is -2.45. The van der Waals surface area contributed by atoms with Crippen molar-refractivity contribution in [3.63, 3.8) is 0 Å². The van der Waals surface area contributed by atoms with E-state index in [2.05, 4.69) is 45.0 Å². The number of hydrogen-bond acceptors (Lipinski definition) is 9. The third-order valence-corrected chi connectivity index (χ3v) is 9.03. The third kappa shape index (κ3) is 4.02. The van der Waals surface area contributed by atoms with Gasteiger partial charge in [-0.25, -0.2) is 15.0 Å². The predicted octanol–water partition coefficient (Wildman–Crippen LogP) is 2.91. The number of carbonyl (C=O) groups excluding carboxylic acids is 1. The number of piperidine rings is 1. The van der Waals surface area contributed by atoms with E-state index < -0.39 is 25.0 Å². The molecule has 0 radical (unpaired) electrons. The number of nitrogens with zero attached hydrogens (tertiary/aromatic N) is 5. The standard InChI is InChI=1S/C26H29F2N7O2S/c1-14-2-3-15-9-25(20(29)16(15)8-14)4-6-34(7-5-25)22-18(12-36)32-17(10-31-22)23(37)35-11-19-21(26(27,28)13-35)33-24(30)38-19/h2-3,8,10,20,36H,4-7,9,11-13,29H2,1H3,(H2,30,33)/t20-/m1/s1. The maximum atomic E-state index is 14.7. The van der Waals surface area contributed by atoms with Crippen LogP contribution in [0.1, 0.15) is 62.3 Å². The largest absolute Gasteiger partial charge is 0.390 e. The van der Waals surface area contributed by atoms with Gasteiger partial charge in [-0.15, -0.1) is 0 Å². The molecule has 2 aromatic heterocycles. The average molecular weight is 542 g/mol.